The van der Waals surface area contributed by atoms with E-state index in [1.807, 2.05) is 25.1 Å². The lowest BCUT2D eigenvalue weighted by molar-refractivity contribution is 0.825. The molecule has 0 unspecified atom stereocenters. The van der Waals surface area contributed by atoms with E-state index in [-0.39, 0.29) is 0 Å². The van der Waals surface area contributed by atoms with Gasteiger partial charge in [0.15, 0.2) is 0 Å². The highest BCUT2D eigenvalue weighted by atomic mass is 15.1. The van der Waals surface area contributed by atoms with Gasteiger partial charge in [0.25, 0.3) is 0 Å². The predicted octanol–water partition coefficient (Wildman–Crippen LogP) is 3.00. The Balaban J connectivity index is 1.97. The molecule has 5 nitrogen and oxygen atoms in total. The summed E-state index contributed by atoms with van der Waals surface area (Å²) in [6.07, 6.45) is 5.86. The van der Waals surface area contributed by atoms with E-state index in [0.29, 0.717) is 5.95 Å². The normalized spacial score (nSPS) is 10.3. The van der Waals surface area contributed by atoms with Gasteiger partial charge in [0.2, 0.25) is 5.95 Å². The van der Waals surface area contributed by atoms with Gasteiger partial charge in [-0.3, -0.25) is 4.98 Å². The van der Waals surface area contributed by atoms with Gasteiger partial charge in [0, 0.05) is 37.2 Å². The van der Waals surface area contributed by atoms with Crippen LogP contribution in [0.15, 0.2) is 30.6 Å². The van der Waals surface area contributed by atoms with Crippen molar-refractivity contribution < 1.29 is 0 Å². The van der Waals surface area contributed by atoms with Crippen molar-refractivity contribution in [3.05, 3.63) is 41.9 Å². The van der Waals surface area contributed by atoms with Crippen LogP contribution in [-0.4, -0.2) is 21.5 Å². The molecule has 20 heavy (non-hydrogen) atoms. The van der Waals surface area contributed by atoms with Gasteiger partial charge in [0.1, 0.15) is 5.82 Å². The van der Waals surface area contributed by atoms with Crippen LogP contribution >= 0.6 is 0 Å². The molecular formula is C15H21N5. The fraction of sp³-hybridized carbons (Fsp3) is 0.400. The number of anilines is 2. The van der Waals surface area contributed by atoms with Gasteiger partial charge >= 0.3 is 0 Å². The monoisotopic (exact) mass is 271 g/mol. The molecule has 0 amide bonds. The van der Waals surface area contributed by atoms with Crippen molar-refractivity contribution in [1.82, 2.24) is 15.0 Å². The minimum Gasteiger partial charge on any atom is -0.366 e. The zero-order valence-electron chi connectivity index (χ0n) is 12.1. The minimum atomic E-state index is 0.690. The van der Waals surface area contributed by atoms with Gasteiger partial charge in [-0.05, 0) is 31.0 Å². The Morgan fingerprint density at radius 1 is 1.10 bits per heavy atom. The van der Waals surface area contributed by atoms with Gasteiger partial charge in [-0.2, -0.15) is 4.98 Å². The fourth-order valence-corrected chi connectivity index (χ4v) is 1.81. The highest BCUT2D eigenvalue weighted by Crippen LogP contribution is 2.11. The molecule has 0 atom stereocenters. The summed E-state index contributed by atoms with van der Waals surface area (Å²) in [4.78, 5) is 12.9. The van der Waals surface area contributed by atoms with Crippen LogP contribution in [0.2, 0.25) is 0 Å². The first-order chi connectivity index (χ1) is 9.78. The highest BCUT2D eigenvalue weighted by molar-refractivity contribution is 5.42. The van der Waals surface area contributed by atoms with E-state index < -0.39 is 0 Å². The number of aromatic nitrogens is 3. The Labute approximate surface area is 119 Å². The molecule has 0 saturated carbocycles. The van der Waals surface area contributed by atoms with Gasteiger partial charge in [0.05, 0.1) is 0 Å². The topological polar surface area (TPSA) is 62.7 Å². The van der Waals surface area contributed by atoms with E-state index in [1.165, 1.54) is 5.56 Å². The van der Waals surface area contributed by atoms with E-state index in [1.54, 1.807) is 12.4 Å². The molecule has 0 saturated heterocycles. The molecule has 2 aromatic heterocycles. The van der Waals surface area contributed by atoms with Crippen LogP contribution in [0.5, 0.6) is 0 Å². The number of hydrogen-bond donors (Lipinski definition) is 2. The van der Waals surface area contributed by atoms with E-state index in [0.717, 1.165) is 37.4 Å². The van der Waals surface area contributed by atoms with Crippen LogP contribution in [0.25, 0.3) is 0 Å². The van der Waals surface area contributed by atoms with Crippen molar-refractivity contribution in [1.29, 1.82) is 0 Å². The van der Waals surface area contributed by atoms with Crippen LogP contribution in [0.3, 0.4) is 0 Å². The summed E-state index contributed by atoms with van der Waals surface area (Å²) in [5.74, 6) is 1.53. The molecule has 2 rings (SSSR count). The van der Waals surface area contributed by atoms with Crippen molar-refractivity contribution in [2.75, 3.05) is 17.2 Å². The highest BCUT2D eigenvalue weighted by Gasteiger charge is 2.01. The van der Waals surface area contributed by atoms with E-state index in [2.05, 4.69) is 32.5 Å². The molecule has 0 aromatic carbocycles. The molecule has 2 aromatic rings. The van der Waals surface area contributed by atoms with Crippen molar-refractivity contribution in [2.24, 2.45) is 0 Å². The summed E-state index contributed by atoms with van der Waals surface area (Å²) in [6.45, 7) is 5.78. The second-order valence-electron chi connectivity index (χ2n) is 4.71. The summed E-state index contributed by atoms with van der Waals surface area (Å²) < 4.78 is 0. The van der Waals surface area contributed by atoms with E-state index in [4.69, 9.17) is 0 Å². The number of hydrogen-bond acceptors (Lipinski definition) is 5. The largest absolute Gasteiger partial charge is 0.366 e. The lowest BCUT2D eigenvalue weighted by atomic mass is 10.3. The Hall–Kier alpha value is -2.17. The first kappa shape index (κ1) is 14.2. The molecule has 0 aliphatic heterocycles. The third-order valence-corrected chi connectivity index (χ3v) is 2.89. The maximum atomic E-state index is 4.47. The molecule has 2 N–H and O–H groups in total. The van der Waals surface area contributed by atoms with Gasteiger partial charge in [-0.25, -0.2) is 4.98 Å². The Bertz CT molecular complexity index is 527. The molecule has 0 radical (unpaired) electrons. The average molecular weight is 271 g/mol. The summed E-state index contributed by atoms with van der Waals surface area (Å²) in [5, 5.41) is 6.57. The Morgan fingerprint density at radius 2 is 1.90 bits per heavy atom. The van der Waals surface area contributed by atoms with E-state index in [9.17, 15) is 0 Å². The summed E-state index contributed by atoms with van der Waals surface area (Å²) in [6, 6.07) is 5.93. The fourth-order valence-electron chi connectivity index (χ4n) is 1.81. The lowest BCUT2D eigenvalue weighted by Gasteiger charge is -2.09. The molecular weight excluding hydrogens is 250 g/mol. The quantitative estimate of drug-likeness (QED) is 0.758. The number of pyridine rings is 1. The smallest absolute Gasteiger partial charge is 0.224 e. The van der Waals surface area contributed by atoms with Crippen molar-refractivity contribution in [2.45, 2.75) is 33.2 Å². The van der Waals surface area contributed by atoms with Crippen LogP contribution < -0.4 is 10.6 Å². The van der Waals surface area contributed by atoms with Gasteiger partial charge < -0.3 is 10.6 Å². The summed E-state index contributed by atoms with van der Waals surface area (Å²) in [7, 11) is 0. The van der Waals surface area contributed by atoms with Crippen molar-refractivity contribution in [3.63, 3.8) is 0 Å². The SMILES string of the molecule is CCCCNc1nc(C)cc(NCc2ccncc2)n1. The van der Waals surface area contributed by atoms with E-state index >= 15 is 0 Å². The maximum absolute atomic E-state index is 4.47. The first-order valence-corrected chi connectivity index (χ1v) is 7.00. The lowest BCUT2D eigenvalue weighted by Crippen LogP contribution is -2.09. The molecule has 0 aliphatic carbocycles. The third-order valence-electron chi connectivity index (χ3n) is 2.89. The first-order valence-electron chi connectivity index (χ1n) is 7.00. The molecule has 2 heterocycles. The van der Waals surface area contributed by atoms with Crippen molar-refractivity contribution >= 4 is 11.8 Å². The minimum absolute atomic E-state index is 0.690. The summed E-state index contributed by atoms with van der Waals surface area (Å²) in [5.41, 5.74) is 2.13. The third kappa shape index (κ3) is 4.50. The van der Waals surface area contributed by atoms with Gasteiger partial charge in [-0.15, -0.1) is 0 Å². The number of aryl methyl sites for hydroxylation is 1. The molecule has 106 valence electrons. The molecule has 0 fully saturated rings. The Morgan fingerprint density at radius 3 is 2.65 bits per heavy atom. The molecule has 0 bridgehead atoms. The zero-order chi connectivity index (χ0) is 14.2. The van der Waals surface area contributed by atoms with Gasteiger partial charge in [-0.1, -0.05) is 13.3 Å². The number of nitrogens with one attached hydrogen (secondary N) is 2. The molecule has 5 heteroatoms. The predicted molar refractivity (Wildman–Crippen MR) is 81.7 cm³/mol. The number of nitrogens with zero attached hydrogens (tertiary/aromatic N) is 3. The van der Waals surface area contributed by atoms with Crippen LogP contribution in [-0.2, 0) is 6.54 Å². The Kier molecular flexibility index (Phi) is 5.29. The summed E-state index contributed by atoms with van der Waals surface area (Å²) >= 11 is 0. The zero-order valence-corrected chi connectivity index (χ0v) is 12.1. The van der Waals surface area contributed by atoms with Crippen molar-refractivity contribution in [3.8, 4) is 0 Å². The van der Waals surface area contributed by atoms with Crippen LogP contribution in [0, 0.1) is 6.92 Å². The maximum Gasteiger partial charge on any atom is 0.224 e. The van der Waals surface area contributed by atoms with Crippen LogP contribution in [0.4, 0.5) is 11.8 Å². The average Bonchev–Trinajstić information content (AvgIpc) is 2.46. The number of rotatable bonds is 7. The second kappa shape index (κ2) is 7.43. The molecule has 0 aliphatic rings. The second-order valence-corrected chi connectivity index (χ2v) is 4.71. The van der Waals surface area contributed by atoms with Crippen LogP contribution in [0.1, 0.15) is 31.0 Å². The number of unbranched alkanes of at least 4 members (excludes halogenated alkanes) is 1. The standard InChI is InChI=1S/C15H21N5/c1-3-4-7-17-15-19-12(2)10-14(20-15)18-11-13-5-8-16-9-6-13/h5-6,8-10H,3-4,7,11H2,1-2H3,(H2,17,18,19,20). The molecule has 0 spiro atoms.